The van der Waals surface area contributed by atoms with E-state index in [2.05, 4.69) is 26.1 Å². The van der Waals surface area contributed by atoms with Crippen LogP contribution >= 0.6 is 0 Å². The van der Waals surface area contributed by atoms with Gasteiger partial charge in [0, 0.05) is 12.5 Å². The highest BCUT2D eigenvalue weighted by Gasteiger charge is 2.31. The highest BCUT2D eigenvalue weighted by Crippen LogP contribution is 2.33. The summed E-state index contributed by atoms with van der Waals surface area (Å²) in [7, 11) is 0. The van der Waals surface area contributed by atoms with E-state index < -0.39 is 0 Å². The average Bonchev–Trinajstić information content (AvgIpc) is 2.46. The number of aromatic hydroxyl groups is 1. The minimum absolute atomic E-state index is 0.105. The number of phenolic OH excluding ortho intramolecular Hbond substituents is 1. The molecule has 1 aromatic rings. The number of aryl methyl sites for hydroxylation is 1. The SMILES string of the molecule is CC1CCC(C(C)C)C(NC(=O)CCc2ccccc2O)C1. The van der Waals surface area contributed by atoms with Gasteiger partial charge in [-0.25, -0.2) is 0 Å². The minimum atomic E-state index is 0.105. The molecule has 0 radical (unpaired) electrons. The van der Waals surface area contributed by atoms with Gasteiger partial charge < -0.3 is 10.4 Å². The van der Waals surface area contributed by atoms with Crippen molar-refractivity contribution < 1.29 is 9.90 Å². The van der Waals surface area contributed by atoms with Gasteiger partial charge in [-0.15, -0.1) is 0 Å². The minimum Gasteiger partial charge on any atom is -0.508 e. The van der Waals surface area contributed by atoms with Gasteiger partial charge in [-0.3, -0.25) is 4.79 Å². The molecule has 0 bridgehead atoms. The molecule has 0 aromatic heterocycles. The molecule has 0 saturated heterocycles. The summed E-state index contributed by atoms with van der Waals surface area (Å²) in [5.41, 5.74) is 0.843. The molecule has 1 aromatic carbocycles. The van der Waals surface area contributed by atoms with Crippen LogP contribution < -0.4 is 5.32 Å². The Kier molecular flexibility index (Phi) is 5.87. The number of carbonyl (C=O) groups excluding carboxylic acids is 1. The Labute approximate surface area is 134 Å². The van der Waals surface area contributed by atoms with Crippen LogP contribution in [0.2, 0.25) is 0 Å². The molecule has 3 unspecified atom stereocenters. The second-order valence-corrected chi connectivity index (χ2v) is 7.13. The van der Waals surface area contributed by atoms with Crippen LogP contribution in [0, 0.1) is 17.8 Å². The molecular formula is C19H29NO2. The third kappa shape index (κ3) is 4.49. The van der Waals surface area contributed by atoms with Crippen LogP contribution in [0.4, 0.5) is 0 Å². The van der Waals surface area contributed by atoms with Crippen LogP contribution in [0.25, 0.3) is 0 Å². The number of rotatable bonds is 5. The molecule has 1 fully saturated rings. The summed E-state index contributed by atoms with van der Waals surface area (Å²) in [5, 5.41) is 13.0. The molecule has 122 valence electrons. The Balaban J connectivity index is 1.88. The summed E-state index contributed by atoms with van der Waals surface area (Å²) in [5.74, 6) is 2.27. The summed E-state index contributed by atoms with van der Waals surface area (Å²) in [4.78, 5) is 12.3. The summed E-state index contributed by atoms with van der Waals surface area (Å²) >= 11 is 0. The van der Waals surface area contributed by atoms with Crippen molar-refractivity contribution in [2.75, 3.05) is 0 Å². The van der Waals surface area contributed by atoms with E-state index in [1.165, 1.54) is 12.8 Å². The Hall–Kier alpha value is -1.51. The highest BCUT2D eigenvalue weighted by molar-refractivity contribution is 5.76. The van der Waals surface area contributed by atoms with Crippen LogP contribution in [0.3, 0.4) is 0 Å². The van der Waals surface area contributed by atoms with Crippen LogP contribution in [0.15, 0.2) is 24.3 Å². The number of hydrogen-bond donors (Lipinski definition) is 2. The summed E-state index contributed by atoms with van der Waals surface area (Å²) in [6, 6.07) is 7.55. The van der Waals surface area contributed by atoms with E-state index in [1.807, 2.05) is 12.1 Å². The number of benzene rings is 1. The Morgan fingerprint density at radius 3 is 2.73 bits per heavy atom. The van der Waals surface area contributed by atoms with Gasteiger partial charge in [0.05, 0.1) is 0 Å². The van der Waals surface area contributed by atoms with Crippen molar-refractivity contribution in [2.45, 2.75) is 58.9 Å². The van der Waals surface area contributed by atoms with E-state index in [0.717, 1.165) is 12.0 Å². The number of phenols is 1. The fourth-order valence-corrected chi connectivity index (χ4v) is 3.62. The predicted octanol–water partition coefficient (Wildman–Crippen LogP) is 3.90. The quantitative estimate of drug-likeness (QED) is 0.866. The highest BCUT2D eigenvalue weighted by atomic mass is 16.3. The van der Waals surface area contributed by atoms with Crippen LogP contribution in [0.5, 0.6) is 5.75 Å². The maximum Gasteiger partial charge on any atom is 0.220 e. The third-order valence-corrected chi connectivity index (χ3v) is 4.98. The van der Waals surface area contributed by atoms with Crippen LogP contribution in [-0.4, -0.2) is 17.1 Å². The van der Waals surface area contributed by atoms with Gasteiger partial charge >= 0.3 is 0 Å². The molecule has 2 rings (SSSR count). The van der Waals surface area contributed by atoms with Crippen molar-refractivity contribution in [1.82, 2.24) is 5.32 Å². The molecule has 1 aliphatic carbocycles. The smallest absolute Gasteiger partial charge is 0.220 e. The molecule has 0 heterocycles. The van der Waals surface area contributed by atoms with Gasteiger partial charge in [0.15, 0.2) is 0 Å². The van der Waals surface area contributed by atoms with Gasteiger partial charge in [0.2, 0.25) is 5.91 Å². The topological polar surface area (TPSA) is 49.3 Å². The summed E-state index contributed by atoms with van der Waals surface area (Å²) < 4.78 is 0. The van der Waals surface area contributed by atoms with Gasteiger partial charge in [0.25, 0.3) is 0 Å². The van der Waals surface area contributed by atoms with Crippen molar-refractivity contribution >= 4 is 5.91 Å². The zero-order valence-corrected chi connectivity index (χ0v) is 14.0. The molecule has 1 aliphatic rings. The second kappa shape index (κ2) is 7.66. The van der Waals surface area contributed by atoms with E-state index in [-0.39, 0.29) is 11.7 Å². The van der Waals surface area contributed by atoms with Crippen LogP contribution in [0.1, 0.15) is 52.0 Å². The van der Waals surface area contributed by atoms with E-state index in [0.29, 0.717) is 36.6 Å². The van der Waals surface area contributed by atoms with Crippen molar-refractivity contribution in [2.24, 2.45) is 17.8 Å². The monoisotopic (exact) mass is 303 g/mol. The largest absolute Gasteiger partial charge is 0.508 e. The average molecular weight is 303 g/mol. The second-order valence-electron chi connectivity index (χ2n) is 7.13. The number of amides is 1. The fourth-order valence-electron chi connectivity index (χ4n) is 3.62. The predicted molar refractivity (Wildman–Crippen MR) is 89.7 cm³/mol. The fraction of sp³-hybridized carbons (Fsp3) is 0.632. The first-order valence-corrected chi connectivity index (χ1v) is 8.53. The molecule has 22 heavy (non-hydrogen) atoms. The van der Waals surface area contributed by atoms with E-state index >= 15 is 0 Å². The Morgan fingerprint density at radius 2 is 2.05 bits per heavy atom. The first kappa shape index (κ1) is 16.9. The molecule has 2 N–H and O–H groups in total. The molecule has 0 spiro atoms. The number of nitrogens with one attached hydrogen (secondary N) is 1. The first-order valence-electron chi connectivity index (χ1n) is 8.53. The molecule has 0 aliphatic heterocycles. The lowest BCUT2D eigenvalue weighted by molar-refractivity contribution is -0.122. The summed E-state index contributed by atoms with van der Waals surface area (Å²) in [6.45, 7) is 6.78. The molecule has 1 amide bonds. The zero-order valence-electron chi connectivity index (χ0n) is 14.0. The first-order chi connectivity index (χ1) is 10.5. The van der Waals surface area contributed by atoms with Crippen molar-refractivity contribution in [3.8, 4) is 5.75 Å². The van der Waals surface area contributed by atoms with Crippen molar-refractivity contribution in [3.05, 3.63) is 29.8 Å². The number of hydrogen-bond acceptors (Lipinski definition) is 2. The van der Waals surface area contributed by atoms with Gasteiger partial charge in [-0.05, 0) is 48.6 Å². The lowest BCUT2D eigenvalue weighted by atomic mass is 9.74. The molecule has 3 nitrogen and oxygen atoms in total. The molecular weight excluding hydrogens is 274 g/mol. The van der Waals surface area contributed by atoms with Gasteiger partial charge in [-0.2, -0.15) is 0 Å². The lowest BCUT2D eigenvalue weighted by Gasteiger charge is -2.37. The van der Waals surface area contributed by atoms with Crippen molar-refractivity contribution in [3.63, 3.8) is 0 Å². The molecule has 3 atom stereocenters. The van der Waals surface area contributed by atoms with E-state index in [4.69, 9.17) is 0 Å². The third-order valence-electron chi connectivity index (χ3n) is 4.98. The Morgan fingerprint density at radius 1 is 1.32 bits per heavy atom. The van der Waals surface area contributed by atoms with Gasteiger partial charge in [-0.1, -0.05) is 45.4 Å². The lowest BCUT2D eigenvalue weighted by Crippen LogP contribution is -2.45. The maximum atomic E-state index is 12.3. The number of para-hydroxylation sites is 1. The Bertz CT molecular complexity index is 498. The molecule has 1 saturated carbocycles. The number of carbonyl (C=O) groups is 1. The summed E-state index contributed by atoms with van der Waals surface area (Å²) in [6.07, 6.45) is 4.60. The zero-order chi connectivity index (χ0) is 16.1. The van der Waals surface area contributed by atoms with Crippen LogP contribution in [-0.2, 0) is 11.2 Å². The normalized spacial score (nSPS) is 25.2. The van der Waals surface area contributed by atoms with E-state index in [9.17, 15) is 9.90 Å². The van der Waals surface area contributed by atoms with Crippen molar-refractivity contribution in [1.29, 1.82) is 0 Å². The van der Waals surface area contributed by atoms with E-state index in [1.54, 1.807) is 12.1 Å². The standard InChI is InChI=1S/C19H29NO2/c1-13(2)16-10-8-14(3)12-17(16)20-19(22)11-9-15-6-4-5-7-18(15)21/h4-7,13-14,16-17,21H,8-12H2,1-3H3,(H,20,22). The maximum absolute atomic E-state index is 12.3. The molecule has 3 heteroatoms. The van der Waals surface area contributed by atoms with Gasteiger partial charge in [0.1, 0.15) is 5.75 Å².